The molecular weight excluding hydrogens is 312 g/mol. The largest absolute Gasteiger partial charge is 0.368 e. The smallest absolute Gasteiger partial charge is 0.322 e. The maximum absolute atomic E-state index is 12.3. The molecule has 1 saturated heterocycles. The maximum Gasteiger partial charge on any atom is 0.322 e. The first-order valence-electron chi connectivity index (χ1n) is 7.49. The van der Waals surface area contributed by atoms with Crippen LogP contribution in [0.2, 0.25) is 0 Å². The number of nitrogens with one attached hydrogen (secondary N) is 1. The van der Waals surface area contributed by atoms with E-state index in [1.807, 2.05) is 0 Å². The van der Waals surface area contributed by atoms with Crippen molar-refractivity contribution in [3.05, 3.63) is 31.0 Å². The molecule has 3 heterocycles. The quantitative estimate of drug-likeness (QED) is 0.780. The van der Waals surface area contributed by atoms with Crippen LogP contribution in [-0.4, -0.2) is 62.8 Å². The summed E-state index contributed by atoms with van der Waals surface area (Å²) >= 11 is 0. The highest BCUT2D eigenvalue weighted by Crippen LogP contribution is 2.13. The molecule has 0 radical (unpaired) electrons. The third-order valence-electron chi connectivity index (χ3n) is 3.64. The number of aromatic nitrogens is 4. The lowest BCUT2D eigenvalue weighted by atomic mass is 10.3. The second kappa shape index (κ2) is 6.94. The van der Waals surface area contributed by atoms with Crippen LogP contribution in [0.4, 0.5) is 16.3 Å². The lowest BCUT2D eigenvalue weighted by molar-refractivity contribution is -0.118. The number of piperazine rings is 1. The topological polar surface area (TPSA) is 122 Å². The van der Waals surface area contributed by atoms with Gasteiger partial charge >= 0.3 is 6.03 Å². The van der Waals surface area contributed by atoms with Crippen molar-refractivity contribution in [2.45, 2.75) is 6.54 Å². The SMILES string of the molecule is NC(=O)Cn1cc(NC(=O)N2CCN(c3cnccn3)CC2)cn1. The molecule has 0 atom stereocenters. The number of urea groups is 1. The van der Waals surface area contributed by atoms with E-state index in [1.165, 1.54) is 10.9 Å². The van der Waals surface area contributed by atoms with Gasteiger partial charge in [0.2, 0.25) is 5.91 Å². The number of carbonyl (C=O) groups excluding carboxylic acids is 2. The summed E-state index contributed by atoms with van der Waals surface area (Å²) in [5, 5.41) is 6.73. The van der Waals surface area contributed by atoms with E-state index in [4.69, 9.17) is 5.73 Å². The molecule has 0 aliphatic carbocycles. The van der Waals surface area contributed by atoms with Gasteiger partial charge in [-0.25, -0.2) is 9.78 Å². The third kappa shape index (κ3) is 3.77. The fraction of sp³-hybridized carbons (Fsp3) is 0.357. The summed E-state index contributed by atoms with van der Waals surface area (Å²) in [4.78, 5) is 35.2. The van der Waals surface area contributed by atoms with E-state index < -0.39 is 5.91 Å². The van der Waals surface area contributed by atoms with E-state index >= 15 is 0 Å². The van der Waals surface area contributed by atoms with Gasteiger partial charge in [-0.3, -0.25) is 14.5 Å². The highest BCUT2D eigenvalue weighted by Gasteiger charge is 2.22. The van der Waals surface area contributed by atoms with Crippen molar-refractivity contribution in [3.63, 3.8) is 0 Å². The van der Waals surface area contributed by atoms with Crippen molar-refractivity contribution >= 4 is 23.4 Å². The summed E-state index contributed by atoms with van der Waals surface area (Å²) < 4.78 is 1.38. The summed E-state index contributed by atoms with van der Waals surface area (Å²) in [5.41, 5.74) is 5.63. The molecule has 126 valence electrons. The number of carbonyl (C=O) groups is 2. The zero-order valence-corrected chi connectivity index (χ0v) is 13.0. The second-order valence-electron chi connectivity index (χ2n) is 5.36. The van der Waals surface area contributed by atoms with Crippen molar-refractivity contribution < 1.29 is 9.59 Å². The number of primary amides is 1. The Morgan fingerprint density at radius 3 is 2.62 bits per heavy atom. The summed E-state index contributed by atoms with van der Waals surface area (Å²) in [5.74, 6) is 0.321. The predicted molar refractivity (Wildman–Crippen MR) is 86.3 cm³/mol. The van der Waals surface area contributed by atoms with E-state index in [1.54, 1.807) is 29.7 Å². The van der Waals surface area contributed by atoms with Gasteiger partial charge < -0.3 is 20.9 Å². The Kier molecular flexibility index (Phi) is 4.54. The summed E-state index contributed by atoms with van der Waals surface area (Å²) in [7, 11) is 0. The van der Waals surface area contributed by atoms with Crippen molar-refractivity contribution in [2.75, 3.05) is 36.4 Å². The van der Waals surface area contributed by atoms with Gasteiger partial charge in [0.25, 0.3) is 0 Å². The number of hydrogen-bond donors (Lipinski definition) is 2. The second-order valence-corrected chi connectivity index (χ2v) is 5.36. The number of hydrogen-bond acceptors (Lipinski definition) is 6. The summed E-state index contributed by atoms with van der Waals surface area (Å²) in [6.45, 7) is 2.52. The molecule has 10 heteroatoms. The molecule has 3 amide bonds. The number of amides is 3. The average molecular weight is 330 g/mol. The Balaban J connectivity index is 1.52. The van der Waals surface area contributed by atoms with Gasteiger partial charge in [-0.1, -0.05) is 0 Å². The van der Waals surface area contributed by atoms with E-state index in [2.05, 4.69) is 25.3 Å². The molecular formula is C14H18N8O2. The minimum absolute atomic E-state index is 0.0212. The normalized spacial score (nSPS) is 14.5. The van der Waals surface area contributed by atoms with Crippen LogP contribution in [0.1, 0.15) is 0 Å². The molecule has 2 aromatic heterocycles. The molecule has 1 aliphatic rings. The third-order valence-corrected chi connectivity index (χ3v) is 3.64. The van der Waals surface area contributed by atoms with Crippen molar-refractivity contribution in [1.82, 2.24) is 24.6 Å². The van der Waals surface area contributed by atoms with Crippen LogP contribution in [0.5, 0.6) is 0 Å². The molecule has 0 saturated carbocycles. The van der Waals surface area contributed by atoms with Gasteiger partial charge in [0, 0.05) is 44.8 Å². The van der Waals surface area contributed by atoms with Crippen LogP contribution >= 0.6 is 0 Å². The van der Waals surface area contributed by atoms with Crippen LogP contribution in [0.15, 0.2) is 31.0 Å². The summed E-state index contributed by atoms with van der Waals surface area (Å²) in [6.07, 6.45) is 8.04. The van der Waals surface area contributed by atoms with Gasteiger partial charge in [0.15, 0.2) is 0 Å². The van der Waals surface area contributed by atoms with E-state index in [0.29, 0.717) is 31.9 Å². The number of nitrogens with two attached hydrogens (primary N) is 1. The lowest BCUT2D eigenvalue weighted by Crippen LogP contribution is -2.50. The maximum atomic E-state index is 12.3. The average Bonchev–Trinajstić information content (AvgIpc) is 3.02. The molecule has 0 spiro atoms. The number of anilines is 2. The van der Waals surface area contributed by atoms with Gasteiger partial charge in [0.05, 0.1) is 18.1 Å². The van der Waals surface area contributed by atoms with Crippen LogP contribution in [-0.2, 0) is 11.3 Å². The van der Waals surface area contributed by atoms with Crippen molar-refractivity contribution in [3.8, 4) is 0 Å². The molecule has 0 bridgehead atoms. The Labute approximate surface area is 138 Å². The van der Waals surface area contributed by atoms with Gasteiger partial charge in [-0.05, 0) is 0 Å². The molecule has 0 unspecified atom stereocenters. The predicted octanol–water partition coefficient (Wildman–Crippen LogP) is -0.487. The summed E-state index contributed by atoms with van der Waals surface area (Å²) in [6, 6.07) is -0.201. The Hall–Kier alpha value is -3.17. The Morgan fingerprint density at radius 1 is 1.17 bits per heavy atom. The minimum Gasteiger partial charge on any atom is -0.368 e. The Morgan fingerprint density at radius 2 is 1.96 bits per heavy atom. The van der Waals surface area contributed by atoms with E-state index in [9.17, 15) is 9.59 Å². The number of rotatable bonds is 4. The fourth-order valence-corrected chi connectivity index (χ4v) is 2.47. The fourth-order valence-electron chi connectivity index (χ4n) is 2.47. The lowest BCUT2D eigenvalue weighted by Gasteiger charge is -2.35. The van der Waals surface area contributed by atoms with Crippen molar-refractivity contribution in [2.24, 2.45) is 5.73 Å². The molecule has 0 aromatic carbocycles. The zero-order chi connectivity index (χ0) is 16.9. The number of nitrogens with zero attached hydrogens (tertiary/aromatic N) is 6. The molecule has 2 aromatic rings. The van der Waals surface area contributed by atoms with Gasteiger partial charge in [-0.2, -0.15) is 5.10 Å². The van der Waals surface area contributed by atoms with Crippen LogP contribution < -0.4 is 16.0 Å². The van der Waals surface area contributed by atoms with Gasteiger partial charge in [-0.15, -0.1) is 0 Å². The monoisotopic (exact) mass is 330 g/mol. The van der Waals surface area contributed by atoms with Crippen LogP contribution in [0.3, 0.4) is 0 Å². The molecule has 10 nitrogen and oxygen atoms in total. The van der Waals surface area contributed by atoms with E-state index in [-0.39, 0.29) is 12.6 Å². The molecule has 3 rings (SSSR count). The zero-order valence-electron chi connectivity index (χ0n) is 13.0. The van der Waals surface area contributed by atoms with Crippen LogP contribution in [0.25, 0.3) is 0 Å². The first kappa shape index (κ1) is 15.7. The molecule has 1 fully saturated rings. The van der Waals surface area contributed by atoms with Crippen molar-refractivity contribution in [1.29, 1.82) is 0 Å². The molecule has 3 N–H and O–H groups in total. The van der Waals surface area contributed by atoms with E-state index in [0.717, 1.165) is 5.82 Å². The highest BCUT2D eigenvalue weighted by atomic mass is 16.2. The molecule has 24 heavy (non-hydrogen) atoms. The highest BCUT2D eigenvalue weighted by molar-refractivity contribution is 5.89. The standard InChI is InChI=1S/C14H18N8O2/c15-12(23)10-22-9-11(7-18-22)19-14(24)21-5-3-20(4-6-21)13-8-16-1-2-17-13/h1-2,7-9H,3-6,10H2,(H2,15,23)(H,19,24). The Bertz CT molecular complexity index is 709. The molecule has 1 aliphatic heterocycles. The van der Waals surface area contributed by atoms with Gasteiger partial charge in [0.1, 0.15) is 12.4 Å². The first-order chi connectivity index (χ1) is 11.6. The van der Waals surface area contributed by atoms with Crippen LogP contribution in [0, 0.1) is 0 Å². The minimum atomic E-state index is -0.490. The first-order valence-corrected chi connectivity index (χ1v) is 7.49.